The summed E-state index contributed by atoms with van der Waals surface area (Å²) in [7, 11) is 0. The van der Waals surface area contributed by atoms with Crippen LogP contribution in [0.4, 0.5) is 0 Å². The molecule has 0 spiro atoms. The summed E-state index contributed by atoms with van der Waals surface area (Å²) in [5.41, 5.74) is 3.72. The average molecular weight is 412 g/mol. The predicted octanol–water partition coefficient (Wildman–Crippen LogP) is 4.43. The van der Waals surface area contributed by atoms with Gasteiger partial charge >= 0.3 is 5.97 Å². The standard InChI is InChI=1S/C23H22ClNO4/c1-23(2)12-25(13-23)22(28)15-5-3-14(4-6-15)16-9-17-10-18(7-8-20(26)27)29-21(17)19(24)11-16/h3-9,11,18H,10,12-13H2,1-2H3,(H,26,27)/b8-7+. The first kappa shape index (κ1) is 19.5. The minimum atomic E-state index is -1.01. The highest BCUT2D eigenvalue weighted by atomic mass is 35.5. The first-order valence-electron chi connectivity index (χ1n) is 9.52. The van der Waals surface area contributed by atoms with Crippen molar-refractivity contribution in [3.05, 3.63) is 64.7 Å². The smallest absolute Gasteiger partial charge is 0.328 e. The number of fused-ring (bicyclic) bond motifs is 1. The number of hydrogen-bond acceptors (Lipinski definition) is 3. The van der Waals surface area contributed by atoms with Gasteiger partial charge in [-0.1, -0.05) is 37.6 Å². The van der Waals surface area contributed by atoms with Crippen LogP contribution >= 0.6 is 11.6 Å². The molecule has 5 nitrogen and oxygen atoms in total. The highest BCUT2D eigenvalue weighted by Crippen LogP contribution is 2.40. The molecule has 1 fully saturated rings. The molecule has 1 N–H and O–H groups in total. The van der Waals surface area contributed by atoms with Gasteiger partial charge in [0.2, 0.25) is 0 Å². The summed E-state index contributed by atoms with van der Waals surface area (Å²) in [6.07, 6.45) is 2.83. The van der Waals surface area contributed by atoms with Gasteiger partial charge in [-0.05, 0) is 46.9 Å². The van der Waals surface area contributed by atoms with Crippen molar-refractivity contribution in [2.45, 2.75) is 26.4 Å². The largest absolute Gasteiger partial charge is 0.484 e. The Bertz CT molecular complexity index is 1000. The molecule has 1 unspecified atom stereocenters. The van der Waals surface area contributed by atoms with Crippen molar-refractivity contribution in [1.82, 2.24) is 4.90 Å². The summed E-state index contributed by atoms with van der Waals surface area (Å²) >= 11 is 6.40. The molecular formula is C23H22ClNO4. The molecule has 150 valence electrons. The Morgan fingerprint density at radius 3 is 2.48 bits per heavy atom. The van der Waals surface area contributed by atoms with Crippen molar-refractivity contribution < 1.29 is 19.4 Å². The second kappa shape index (κ2) is 7.23. The van der Waals surface area contributed by atoms with E-state index in [1.807, 2.05) is 41.3 Å². The number of carbonyl (C=O) groups is 2. The summed E-state index contributed by atoms with van der Waals surface area (Å²) in [6.45, 7) is 5.88. The van der Waals surface area contributed by atoms with E-state index >= 15 is 0 Å². The molecule has 2 heterocycles. The maximum atomic E-state index is 12.6. The van der Waals surface area contributed by atoms with Gasteiger partial charge in [0.25, 0.3) is 5.91 Å². The highest BCUT2D eigenvalue weighted by molar-refractivity contribution is 6.32. The molecular weight excluding hydrogens is 390 g/mol. The van der Waals surface area contributed by atoms with Crippen LogP contribution < -0.4 is 4.74 Å². The predicted molar refractivity (Wildman–Crippen MR) is 111 cm³/mol. The Morgan fingerprint density at radius 2 is 1.86 bits per heavy atom. The van der Waals surface area contributed by atoms with Crippen LogP contribution in [0.25, 0.3) is 11.1 Å². The minimum Gasteiger partial charge on any atom is -0.484 e. The van der Waals surface area contributed by atoms with E-state index in [1.165, 1.54) is 6.08 Å². The molecule has 4 rings (SSSR count). The van der Waals surface area contributed by atoms with Crippen LogP contribution in [0, 0.1) is 5.41 Å². The molecule has 0 saturated carbocycles. The van der Waals surface area contributed by atoms with E-state index in [9.17, 15) is 9.59 Å². The molecule has 2 aromatic rings. The summed E-state index contributed by atoms with van der Waals surface area (Å²) < 4.78 is 5.76. The van der Waals surface area contributed by atoms with Crippen molar-refractivity contribution >= 4 is 23.5 Å². The number of amides is 1. The Hall–Kier alpha value is -2.79. The van der Waals surface area contributed by atoms with Gasteiger partial charge < -0.3 is 14.7 Å². The molecule has 29 heavy (non-hydrogen) atoms. The topological polar surface area (TPSA) is 66.8 Å². The third kappa shape index (κ3) is 4.01. The van der Waals surface area contributed by atoms with Gasteiger partial charge in [0.15, 0.2) is 0 Å². The Kier molecular flexibility index (Phi) is 4.87. The maximum Gasteiger partial charge on any atom is 0.328 e. The molecule has 0 aliphatic carbocycles. The zero-order valence-electron chi connectivity index (χ0n) is 16.3. The van der Waals surface area contributed by atoms with Gasteiger partial charge in [-0.25, -0.2) is 4.79 Å². The number of rotatable bonds is 4. The molecule has 0 radical (unpaired) electrons. The normalized spacial score (nSPS) is 19.6. The lowest BCUT2D eigenvalue weighted by Gasteiger charge is -2.45. The number of halogens is 1. The number of ether oxygens (including phenoxy) is 1. The number of carbonyl (C=O) groups excluding carboxylic acids is 1. The van der Waals surface area contributed by atoms with Gasteiger partial charge in [-0.2, -0.15) is 0 Å². The van der Waals surface area contributed by atoms with E-state index in [2.05, 4.69) is 13.8 Å². The SMILES string of the molecule is CC1(C)CN(C(=O)c2ccc(-c3cc(Cl)c4c(c3)CC(/C=C/C(=O)O)O4)cc2)C1. The van der Waals surface area contributed by atoms with Gasteiger partial charge in [-0.3, -0.25) is 4.79 Å². The molecule has 2 aliphatic rings. The van der Waals surface area contributed by atoms with E-state index in [-0.39, 0.29) is 17.4 Å². The third-order valence-electron chi connectivity index (χ3n) is 5.25. The summed E-state index contributed by atoms with van der Waals surface area (Å²) in [4.78, 5) is 25.1. The van der Waals surface area contributed by atoms with Crippen LogP contribution in [0.5, 0.6) is 5.75 Å². The number of carboxylic acid groups (broad SMARTS) is 1. The lowest BCUT2D eigenvalue weighted by molar-refractivity contribution is -0.131. The fraction of sp³-hybridized carbons (Fsp3) is 0.304. The summed E-state index contributed by atoms with van der Waals surface area (Å²) in [5, 5.41) is 9.28. The number of aliphatic carboxylic acids is 1. The summed E-state index contributed by atoms with van der Waals surface area (Å²) in [5.74, 6) is -0.347. The van der Waals surface area contributed by atoms with Crippen molar-refractivity contribution in [2.75, 3.05) is 13.1 Å². The van der Waals surface area contributed by atoms with Crippen LogP contribution in [0.1, 0.15) is 29.8 Å². The quantitative estimate of drug-likeness (QED) is 0.755. The van der Waals surface area contributed by atoms with Crippen LogP contribution in [-0.4, -0.2) is 41.1 Å². The molecule has 0 aromatic heterocycles. The molecule has 2 aliphatic heterocycles. The number of hydrogen-bond donors (Lipinski definition) is 1. The zero-order chi connectivity index (χ0) is 20.8. The van der Waals surface area contributed by atoms with Gasteiger partial charge in [0, 0.05) is 36.7 Å². The van der Waals surface area contributed by atoms with Gasteiger partial charge in [0.05, 0.1) is 5.02 Å². The lowest BCUT2D eigenvalue weighted by atomic mass is 9.84. The number of carboxylic acids is 1. The van der Waals surface area contributed by atoms with Crippen molar-refractivity contribution in [3.63, 3.8) is 0 Å². The second-order valence-corrected chi connectivity index (χ2v) is 8.81. The molecule has 1 saturated heterocycles. The fourth-order valence-electron chi connectivity index (χ4n) is 3.93. The zero-order valence-corrected chi connectivity index (χ0v) is 17.1. The monoisotopic (exact) mass is 411 g/mol. The third-order valence-corrected chi connectivity index (χ3v) is 5.54. The van der Waals surface area contributed by atoms with Gasteiger partial charge in [0.1, 0.15) is 11.9 Å². The Labute approximate surface area is 174 Å². The average Bonchev–Trinajstić information content (AvgIpc) is 3.07. The fourth-order valence-corrected chi connectivity index (χ4v) is 4.21. The van der Waals surface area contributed by atoms with Crippen LogP contribution in [0.15, 0.2) is 48.6 Å². The highest BCUT2D eigenvalue weighted by Gasteiger charge is 2.37. The Morgan fingerprint density at radius 1 is 1.17 bits per heavy atom. The van der Waals surface area contributed by atoms with Crippen molar-refractivity contribution in [2.24, 2.45) is 5.41 Å². The van der Waals surface area contributed by atoms with Crippen LogP contribution in [0.2, 0.25) is 5.02 Å². The number of benzene rings is 2. The van der Waals surface area contributed by atoms with E-state index in [4.69, 9.17) is 21.4 Å². The maximum absolute atomic E-state index is 12.6. The number of likely N-dealkylation sites (tertiary alicyclic amines) is 1. The van der Waals surface area contributed by atoms with Crippen LogP contribution in [-0.2, 0) is 11.2 Å². The van der Waals surface area contributed by atoms with E-state index < -0.39 is 5.97 Å². The molecule has 1 atom stereocenters. The molecule has 2 aromatic carbocycles. The first-order valence-corrected chi connectivity index (χ1v) is 9.90. The lowest BCUT2D eigenvalue weighted by Crippen LogP contribution is -2.55. The van der Waals surface area contributed by atoms with Gasteiger partial charge in [-0.15, -0.1) is 0 Å². The van der Waals surface area contributed by atoms with E-state index in [1.54, 1.807) is 0 Å². The first-order chi connectivity index (χ1) is 13.7. The molecule has 6 heteroatoms. The minimum absolute atomic E-state index is 0.0596. The second-order valence-electron chi connectivity index (χ2n) is 8.41. The summed E-state index contributed by atoms with van der Waals surface area (Å²) in [6, 6.07) is 11.4. The molecule has 1 amide bonds. The number of nitrogens with zero attached hydrogens (tertiary/aromatic N) is 1. The van der Waals surface area contributed by atoms with E-state index in [0.29, 0.717) is 22.8 Å². The Balaban J connectivity index is 1.52. The molecule has 0 bridgehead atoms. The van der Waals surface area contributed by atoms with Crippen LogP contribution in [0.3, 0.4) is 0 Å². The van der Waals surface area contributed by atoms with Crippen molar-refractivity contribution in [1.29, 1.82) is 0 Å². The van der Waals surface area contributed by atoms with Crippen molar-refractivity contribution in [3.8, 4) is 16.9 Å². The van der Waals surface area contributed by atoms with E-state index in [0.717, 1.165) is 35.9 Å².